The predicted octanol–water partition coefficient (Wildman–Crippen LogP) is 2.84. The molecule has 0 aliphatic rings. The first kappa shape index (κ1) is 16.3. The van der Waals surface area contributed by atoms with Crippen LogP contribution >= 0.6 is 11.8 Å². The van der Waals surface area contributed by atoms with Crippen molar-refractivity contribution in [1.29, 1.82) is 0 Å². The maximum Gasteiger partial charge on any atom is 0.00965 e. The third kappa shape index (κ3) is 12.3. The molecule has 16 heavy (non-hydrogen) atoms. The van der Waals surface area contributed by atoms with Crippen molar-refractivity contribution >= 4 is 11.8 Å². The van der Waals surface area contributed by atoms with Crippen LogP contribution in [0.3, 0.4) is 0 Å². The van der Waals surface area contributed by atoms with Crippen molar-refractivity contribution in [3.63, 3.8) is 0 Å². The highest BCUT2D eigenvalue weighted by molar-refractivity contribution is 7.98. The fourth-order valence-electron chi connectivity index (χ4n) is 1.51. The van der Waals surface area contributed by atoms with Crippen LogP contribution in [0.4, 0.5) is 0 Å². The summed E-state index contributed by atoms with van der Waals surface area (Å²) in [5.74, 6) is 1.25. The van der Waals surface area contributed by atoms with Gasteiger partial charge in [0.25, 0.3) is 0 Å². The summed E-state index contributed by atoms with van der Waals surface area (Å²) in [5, 5.41) is 3.53. The van der Waals surface area contributed by atoms with Gasteiger partial charge in [0.1, 0.15) is 0 Å². The monoisotopic (exact) mass is 246 g/mol. The Kier molecular flexibility index (Phi) is 9.47. The number of thioether (sulfide) groups is 1. The standard InChI is InChI=1S/C13H30N2S/c1-13(2,3)14-9-7-6-8-10-15(4)11-12-16-5/h14H,6-12H2,1-5H3. The Morgan fingerprint density at radius 2 is 1.75 bits per heavy atom. The van der Waals surface area contributed by atoms with Gasteiger partial charge < -0.3 is 10.2 Å². The SMILES string of the molecule is CSCCN(C)CCCCCNC(C)(C)C. The lowest BCUT2D eigenvalue weighted by Crippen LogP contribution is -2.36. The molecule has 0 radical (unpaired) electrons. The number of rotatable bonds is 9. The number of nitrogens with one attached hydrogen (secondary N) is 1. The minimum Gasteiger partial charge on any atom is -0.312 e. The fourth-order valence-corrected chi connectivity index (χ4v) is 2.00. The Balaban J connectivity index is 3.20. The average Bonchev–Trinajstić information content (AvgIpc) is 2.18. The van der Waals surface area contributed by atoms with Crippen molar-refractivity contribution in [3.05, 3.63) is 0 Å². The lowest BCUT2D eigenvalue weighted by atomic mass is 10.1. The van der Waals surface area contributed by atoms with E-state index in [2.05, 4.69) is 44.3 Å². The molecule has 0 spiro atoms. The maximum atomic E-state index is 3.53. The van der Waals surface area contributed by atoms with E-state index in [1.165, 1.54) is 38.1 Å². The van der Waals surface area contributed by atoms with Crippen LogP contribution in [0.2, 0.25) is 0 Å². The summed E-state index contributed by atoms with van der Waals surface area (Å²) >= 11 is 1.93. The molecular weight excluding hydrogens is 216 g/mol. The van der Waals surface area contributed by atoms with E-state index in [9.17, 15) is 0 Å². The Labute approximate surface area is 107 Å². The van der Waals surface area contributed by atoms with Crippen LogP contribution < -0.4 is 5.32 Å². The van der Waals surface area contributed by atoms with Gasteiger partial charge in [0.15, 0.2) is 0 Å². The number of nitrogens with zero attached hydrogens (tertiary/aromatic N) is 1. The van der Waals surface area contributed by atoms with Crippen molar-refractivity contribution in [2.24, 2.45) is 0 Å². The molecule has 0 aliphatic carbocycles. The van der Waals surface area contributed by atoms with Crippen LogP contribution in [0.15, 0.2) is 0 Å². The van der Waals surface area contributed by atoms with Crippen molar-refractivity contribution in [2.45, 2.75) is 45.6 Å². The van der Waals surface area contributed by atoms with Gasteiger partial charge in [0.2, 0.25) is 0 Å². The van der Waals surface area contributed by atoms with E-state index >= 15 is 0 Å². The topological polar surface area (TPSA) is 15.3 Å². The third-order valence-electron chi connectivity index (χ3n) is 2.55. The van der Waals surface area contributed by atoms with Crippen molar-refractivity contribution in [2.75, 3.05) is 38.7 Å². The lowest BCUT2D eigenvalue weighted by molar-refractivity contribution is 0.340. The zero-order valence-corrected chi connectivity index (χ0v) is 12.6. The van der Waals surface area contributed by atoms with Gasteiger partial charge in [-0.05, 0) is 60.0 Å². The molecule has 0 fully saturated rings. The smallest absolute Gasteiger partial charge is 0.00965 e. The van der Waals surface area contributed by atoms with Gasteiger partial charge in [-0.3, -0.25) is 0 Å². The van der Waals surface area contributed by atoms with Gasteiger partial charge in [-0.1, -0.05) is 6.42 Å². The quantitative estimate of drug-likeness (QED) is 0.630. The molecule has 0 bridgehead atoms. The summed E-state index contributed by atoms with van der Waals surface area (Å²) in [6.07, 6.45) is 6.14. The first-order valence-electron chi connectivity index (χ1n) is 6.38. The largest absolute Gasteiger partial charge is 0.312 e. The molecule has 0 unspecified atom stereocenters. The van der Waals surface area contributed by atoms with Crippen LogP contribution in [-0.2, 0) is 0 Å². The summed E-state index contributed by atoms with van der Waals surface area (Å²) < 4.78 is 0. The van der Waals surface area contributed by atoms with Crippen LogP contribution in [0.25, 0.3) is 0 Å². The second-order valence-electron chi connectivity index (χ2n) is 5.53. The average molecular weight is 246 g/mol. The Hall–Kier alpha value is 0.270. The number of hydrogen-bond acceptors (Lipinski definition) is 3. The van der Waals surface area contributed by atoms with Crippen molar-refractivity contribution in [1.82, 2.24) is 10.2 Å². The van der Waals surface area contributed by atoms with Crippen molar-refractivity contribution in [3.8, 4) is 0 Å². The molecule has 0 atom stereocenters. The minimum absolute atomic E-state index is 0.273. The van der Waals surface area contributed by atoms with E-state index in [1.54, 1.807) is 0 Å². The van der Waals surface area contributed by atoms with E-state index in [1.807, 2.05) is 11.8 Å². The van der Waals surface area contributed by atoms with E-state index in [-0.39, 0.29) is 5.54 Å². The highest BCUT2D eigenvalue weighted by Crippen LogP contribution is 2.02. The first-order valence-corrected chi connectivity index (χ1v) is 7.77. The van der Waals surface area contributed by atoms with E-state index in [0.29, 0.717) is 0 Å². The molecule has 98 valence electrons. The summed E-state index contributed by atoms with van der Waals surface area (Å²) in [4.78, 5) is 2.44. The van der Waals surface area contributed by atoms with Gasteiger partial charge in [0.05, 0.1) is 0 Å². The molecule has 0 aliphatic heterocycles. The first-order chi connectivity index (χ1) is 7.45. The maximum absolute atomic E-state index is 3.53. The minimum atomic E-state index is 0.273. The van der Waals surface area contributed by atoms with Gasteiger partial charge in [0, 0.05) is 17.8 Å². The van der Waals surface area contributed by atoms with Gasteiger partial charge >= 0.3 is 0 Å². The fraction of sp³-hybridized carbons (Fsp3) is 1.00. The van der Waals surface area contributed by atoms with E-state index < -0.39 is 0 Å². The molecule has 0 aromatic carbocycles. The Morgan fingerprint density at radius 3 is 2.31 bits per heavy atom. The van der Waals surface area contributed by atoms with Crippen LogP contribution in [0.1, 0.15) is 40.0 Å². The Morgan fingerprint density at radius 1 is 1.06 bits per heavy atom. The molecule has 0 heterocycles. The predicted molar refractivity (Wildman–Crippen MR) is 77.5 cm³/mol. The zero-order chi connectivity index (χ0) is 12.4. The molecule has 0 amide bonds. The summed E-state index contributed by atoms with van der Waals surface area (Å²) in [5.41, 5.74) is 0.273. The van der Waals surface area contributed by atoms with Gasteiger partial charge in [-0.15, -0.1) is 0 Å². The third-order valence-corrected chi connectivity index (χ3v) is 3.14. The molecular formula is C13H30N2S. The second-order valence-corrected chi connectivity index (χ2v) is 6.52. The normalized spacial score (nSPS) is 12.4. The molecule has 0 saturated heterocycles. The highest BCUT2D eigenvalue weighted by Gasteiger charge is 2.06. The molecule has 3 heteroatoms. The lowest BCUT2D eigenvalue weighted by Gasteiger charge is -2.20. The van der Waals surface area contributed by atoms with Crippen molar-refractivity contribution < 1.29 is 0 Å². The number of hydrogen-bond donors (Lipinski definition) is 1. The molecule has 0 saturated carbocycles. The molecule has 1 N–H and O–H groups in total. The number of unbranched alkanes of at least 4 members (excludes halogenated alkanes) is 2. The molecule has 0 rings (SSSR count). The van der Waals surface area contributed by atoms with Crippen LogP contribution in [0.5, 0.6) is 0 Å². The van der Waals surface area contributed by atoms with Crippen LogP contribution in [0, 0.1) is 0 Å². The summed E-state index contributed by atoms with van der Waals surface area (Å²) in [6.45, 7) is 10.3. The van der Waals surface area contributed by atoms with Gasteiger partial charge in [-0.25, -0.2) is 0 Å². The highest BCUT2D eigenvalue weighted by atomic mass is 32.2. The summed E-state index contributed by atoms with van der Waals surface area (Å²) in [7, 11) is 2.23. The van der Waals surface area contributed by atoms with Crippen LogP contribution in [-0.4, -0.2) is 49.1 Å². The Bertz CT molecular complexity index is 155. The summed E-state index contributed by atoms with van der Waals surface area (Å²) in [6, 6.07) is 0. The zero-order valence-electron chi connectivity index (χ0n) is 11.8. The van der Waals surface area contributed by atoms with E-state index in [0.717, 1.165) is 6.54 Å². The van der Waals surface area contributed by atoms with E-state index in [4.69, 9.17) is 0 Å². The molecule has 0 aromatic rings. The van der Waals surface area contributed by atoms with Gasteiger partial charge in [-0.2, -0.15) is 11.8 Å². The molecule has 2 nitrogen and oxygen atoms in total. The molecule has 0 aromatic heterocycles. The second kappa shape index (κ2) is 9.32.